The van der Waals surface area contributed by atoms with Gasteiger partial charge in [-0.15, -0.1) is 0 Å². The molecule has 4 nitrogen and oxygen atoms in total. The second-order valence-electron chi connectivity index (χ2n) is 6.08. The number of aromatic nitrogens is 1. The average molecular weight is 286 g/mol. The first-order chi connectivity index (χ1) is 10.1. The van der Waals surface area contributed by atoms with Gasteiger partial charge in [0.05, 0.1) is 6.10 Å². The van der Waals surface area contributed by atoms with Crippen molar-refractivity contribution in [3.63, 3.8) is 0 Å². The molecule has 1 heterocycles. The Balaban J connectivity index is 1.71. The molecule has 21 heavy (non-hydrogen) atoms. The molecule has 4 heteroatoms. The van der Waals surface area contributed by atoms with Crippen molar-refractivity contribution in [1.29, 1.82) is 0 Å². The molecule has 0 aliphatic heterocycles. The van der Waals surface area contributed by atoms with Gasteiger partial charge in [0.15, 0.2) is 0 Å². The van der Waals surface area contributed by atoms with Crippen molar-refractivity contribution in [3.05, 3.63) is 36.0 Å². The lowest BCUT2D eigenvalue weighted by molar-refractivity contribution is 0.0451. The lowest BCUT2D eigenvalue weighted by Crippen LogP contribution is -2.38. The maximum Gasteiger partial charge on any atom is 0.253 e. The van der Waals surface area contributed by atoms with Gasteiger partial charge in [0.25, 0.3) is 5.91 Å². The summed E-state index contributed by atoms with van der Waals surface area (Å²) in [4.78, 5) is 17.4. The highest BCUT2D eigenvalue weighted by Crippen LogP contribution is 2.25. The summed E-state index contributed by atoms with van der Waals surface area (Å²) in [7, 11) is 1.82. The quantitative estimate of drug-likeness (QED) is 0.911. The third kappa shape index (κ3) is 2.95. The molecule has 3 rings (SSSR count). The van der Waals surface area contributed by atoms with Crippen LogP contribution in [0.15, 0.2) is 30.5 Å². The van der Waals surface area contributed by atoms with Crippen LogP contribution in [0.2, 0.25) is 0 Å². The summed E-state index contributed by atoms with van der Waals surface area (Å²) in [6, 6.07) is 7.68. The van der Waals surface area contributed by atoms with Crippen molar-refractivity contribution in [2.75, 3.05) is 13.6 Å². The Kier molecular flexibility index (Phi) is 3.97. The monoisotopic (exact) mass is 286 g/mol. The number of carbonyl (C=O) groups excluding carboxylic acids is 1. The van der Waals surface area contributed by atoms with Crippen LogP contribution < -0.4 is 0 Å². The molecule has 1 aromatic heterocycles. The van der Waals surface area contributed by atoms with Crippen LogP contribution in [-0.2, 0) is 0 Å². The Labute approximate surface area is 124 Å². The van der Waals surface area contributed by atoms with Crippen LogP contribution in [0.3, 0.4) is 0 Å². The van der Waals surface area contributed by atoms with Crippen LogP contribution in [0.1, 0.15) is 36.0 Å². The molecule has 1 fully saturated rings. The summed E-state index contributed by atoms with van der Waals surface area (Å²) < 4.78 is 0. The number of aliphatic hydroxyl groups is 1. The van der Waals surface area contributed by atoms with Gasteiger partial charge < -0.3 is 15.0 Å². The summed E-state index contributed by atoms with van der Waals surface area (Å²) in [6.45, 7) is 0.630. The summed E-state index contributed by atoms with van der Waals surface area (Å²) in [5.41, 5.74) is 1.74. The fourth-order valence-electron chi connectivity index (χ4n) is 3.24. The van der Waals surface area contributed by atoms with E-state index in [2.05, 4.69) is 4.98 Å². The van der Waals surface area contributed by atoms with E-state index in [1.807, 2.05) is 37.5 Å². The SMILES string of the molecule is CN(CC1CCCCC1O)C(=O)c1ccc2[nH]ccc2c1. The highest BCUT2D eigenvalue weighted by Gasteiger charge is 2.26. The topological polar surface area (TPSA) is 56.3 Å². The van der Waals surface area contributed by atoms with E-state index in [1.54, 1.807) is 4.90 Å². The van der Waals surface area contributed by atoms with Crippen molar-refractivity contribution in [2.24, 2.45) is 5.92 Å². The number of hydrogen-bond acceptors (Lipinski definition) is 2. The highest BCUT2D eigenvalue weighted by atomic mass is 16.3. The van der Waals surface area contributed by atoms with Gasteiger partial charge in [-0.25, -0.2) is 0 Å². The molecule has 2 unspecified atom stereocenters. The van der Waals surface area contributed by atoms with Crippen LogP contribution in [0.25, 0.3) is 10.9 Å². The molecule has 2 N–H and O–H groups in total. The number of carbonyl (C=O) groups is 1. The van der Waals surface area contributed by atoms with E-state index in [0.717, 1.165) is 36.6 Å². The minimum atomic E-state index is -0.263. The van der Waals surface area contributed by atoms with E-state index >= 15 is 0 Å². The number of H-pyrrole nitrogens is 1. The second kappa shape index (κ2) is 5.90. The van der Waals surface area contributed by atoms with Gasteiger partial charge in [0.2, 0.25) is 0 Å². The number of rotatable bonds is 3. The molecule has 0 bridgehead atoms. The van der Waals surface area contributed by atoms with Gasteiger partial charge in [-0.2, -0.15) is 0 Å². The summed E-state index contributed by atoms with van der Waals surface area (Å²) in [6.07, 6.45) is 5.73. The third-order valence-corrected chi connectivity index (χ3v) is 4.52. The number of nitrogens with zero attached hydrogens (tertiary/aromatic N) is 1. The molecule has 0 radical (unpaired) electrons. The Morgan fingerprint density at radius 3 is 2.95 bits per heavy atom. The standard InChI is InChI=1S/C17H22N2O2/c1-19(11-14-4-2-3-5-16(14)20)17(21)13-6-7-15-12(10-13)8-9-18-15/h6-10,14,16,18,20H,2-5,11H2,1H3. The van der Waals surface area contributed by atoms with Crippen LogP contribution >= 0.6 is 0 Å². The molecule has 0 saturated heterocycles. The maximum absolute atomic E-state index is 12.5. The van der Waals surface area contributed by atoms with Crippen molar-refractivity contribution in [3.8, 4) is 0 Å². The Morgan fingerprint density at radius 1 is 1.33 bits per heavy atom. The minimum Gasteiger partial charge on any atom is -0.393 e. The zero-order valence-corrected chi connectivity index (χ0v) is 12.4. The molecular formula is C17H22N2O2. The van der Waals surface area contributed by atoms with Gasteiger partial charge in [-0.3, -0.25) is 4.79 Å². The molecule has 1 aromatic carbocycles. The second-order valence-corrected chi connectivity index (χ2v) is 6.08. The molecule has 2 atom stereocenters. The first-order valence-electron chi connectivity index (χ1n) is 7.66. The van der Waals surface area contributed by atoms with E-state index in [0.29, 0.717) is 12.1 Å². The number of aliphatic hydroxyl groups excluding tert-OH is 1. The molecule has 2 aromatic rings. The molecule has 1 amide bonds. The normalized spacial score (nSPS) is 22.4. The minimum absolute atomic E-state index is 0.0240. The van der Waals surface area contributed by atoms with Gasteiger partial charge in [0, 0.05) is 42.2 Å². The maximum atomic E-state index is 12.5. The van der Waals surface area contributed by atoms with E-state index in [-0.39, 0.29) is 17.9 Å². The van der Waals surface area contributed by atoms with E-state index in [9.17, 15) is 9.90 Å². The predicted molar refractivity (Wildman–Crippen MR) is 83.2 cm³/mol. The molecule has 1 saturated carbocycles. The zero-order valence-electron chi connectivity index (χ0n) is 12.4. The fraction of sp³-hybridized carbons (Fsp3) is 0.471. The van der Waals surface area contributed by atoms with Gasteiger partial charge in [-0.05, 0) is 37.1 Å². The molecule has 1 aliphatic rings. The molecule has 112 valence electrons. The number of hydrogen-bond donors (Lipinski definition) is 2. The first kappa shape index (κ1) is 14.1. The van der Waals surface area contributed by atoms with Gasteiger partial charge in [0.1, 0.15) is 0 Å². The van der Waals surface area contributed by atoms with Crippen LogP contribution in [-0.4, -0.2) is 40.6 Å². The van der Waals surface area contributed by atoms with Crippen LogP contribution in [0.5, 0.6) is 0 Å². The average Bonchev–Trinajstić information content (AvgIpc) is 2.96. The number of amides is 1. The Morgan fingerprint density at radius 2 is 2.14 bits per heavy atom. The molecule has 1 aliphatic carbocycles. The zero-order chi connectivity index (χ0) is 14.8. The highest BCUT2D eigenvalue weighted by molar-refractivity contribution is 5.97. The van der Waals surface area contributed by atoms with Gasteiger partial charge >= 0.3 is 0 Å². The molecular weight excluding hydrogens is 264 g/mol. The fourth-order valence-corrected chi connectivity index (χ4v) is 3.24. The smallest absolute Gasteiger partial charge is 0.253 e. The Hall–Kier alpha value is -1.81. The third-order valence-electron chi connectivity index (χ3n) is 4.52. The summed E-state index contributed by atoms with van der Waals surface area (Å²) >= 11 is 0. The van der Waals surface area contributed by atoms with E-state index in [1.165, 1.54) is 0 Å². The predicted octanol–water partition coefficient (Wildman–Crippen LogP) is 2.79. The first-order valence-corrected chi connectivity index (χ1v) is 7.66. The summed E-state index contributed by atoms with van der Waals surface area (Å²) in [5, 5.41) is 11.1. The number of nitrogens with one attached hydrogen (secondary N) is 1. The number of benzene rings is 1. The van der Waals surface area contributed by atoms with Crippen molar-refractivity contribution < 1.29 is 9.90 Å². The van der Waals surface area contributed by atoms with Crippen molar-refractivity contribution >= 4 is 16.8 Å². The van der Waals surface area contributed by atoms with Crippen LogP contribution in [0.4, 0.5) is 0 Å². The largest absolute Gasteiger partial charge is 0.393 e. The summed E-state index contributed by atoms with van der Waals surface area (Å²) in [5.74, 6) is 0.236. The van der Waals surface area contributed by atoms with Crippen molar-refractivity contribution in [2.45, 2.75) is 31.8 Å². The lowest BCUT2D eigenvalue weighted by Gasteiger charge is -2.31. The van der Waals surface area contributed by atoms with Crippen LogP contribution in [0, 0.1) is 5.92 Å². The van der Waals surface area contributed by atoms with E-state index in [4.69, 9.17) is 0 Å². The Bertz CT molecular complexity index is 635. The van der Waals surface area contributed by atoms with Gasteiger partial charge in [-0.1, -0.05) is 12.8 Å². The van der Waals surface area contributed by atoms with Crippen molar-refractivity contribution in [1.82, 2.24) is 9.88 Å². The number of fused-ring (bicyclic) bond motifs is 1. The molecule has 0 spiro atoms. The van der Waals surface area contributed by atoms with E-state index < -0.39 is 0 Å². The lowest BCUT2D eigenvalue weighted by atomic mass is 9.86. The number of aromatic amines is 1.